The fourth-order valence-corrected chi connectivity index (χ4v) is 3.41. The van der Waals surface area contributed by atoms with Crippen molar-refractivity contribution in [1.82, 2.24) is 4.72 Å². The number of nitrogens with one attached hydrogen (secondary N) is 1. The molecule has 1 aromatic rings. The van der Waals surface area contributed by atoms with Crippen molar-refractivity contribution in [2.24, 2.45) is 5.73 Å². The highest BCUT2D eigenvalue weighted by molar-refractivity contribution is 7.89. The number of nitrogens with zero attached hydrogens (tertiary/aromatic N) is 1. The van der Waals surface area contributed by atoms with Gasteiger partial charge in [0.25, 0.3) is 0 Å². The first kappa shape index (κ1) is 16.1. The third-order valence-electron chi connectivity index (χ3n) is 3.37. The lowest BCUT2D eigenvalue weighted by atomic mass is 10.2. The molecule has 0 aromatic heterocycles. The Morgan fingerprint density at radius 3 is 2.95 bits per heavy atom. The lowest BCUT2D eigenvalue weighted by Gasteiger charge is -2.31. The maximum absolute atomic E-state index is 12.2. The molecular formula is C14H23N3O3S. The van der Waals surface area contributed by atoms with E-state index in [2.05, 4.69) is 16.5 Å². The van der Waals surface area contributed by atoms with Crippen LogP contribution in [0.3, 0.4) is 0 Å². The van der Waals surface area contributed by atoms with Crippen LogP contribution in [-0.4, -0.2) is 41.2 Å². The minimum absolute atomic E-state index is 0.268. The predicted molar refractivity (Wildman–Crippen MR) is 83.3 cm³/mol. The van der Waals surface area contributed by atoms with Crippen molar-refractivity contribution in [2.75, 3.05) is 37.7 Å². The van der Waals surface area contributed by atoms with E-state index in [1.54, 1.807) is 18.2 Å². The number of sulfonamides is 1. The molecule has 0 atom stereocenters. The Morgan fingerprint density at radius 1 is 1.43 bits per heavy atom. The SMILES string of the molecule is CCCN1CCOc2ccc(S(=O)(=O)NCCCN)cc21. The molecule has 1 aliphatic rings. The highest BCUT2D eigenvalue weighted by Crippen LogP contribution is 2.33. The fourth-order valence-electron chi connectivity index (χ4n) is 2.31. The lowest BCUT2D eigenvalue weighted by Crippen LogP contribution is -2.33. The summed E-state index contributed by atoms with van der Waals surface area (Å²) in [7, 11) is -3.49. The van der Waals surface area contributed by atoms with Crippen LogP contribution in [0.5, 0.6) is 5.75 Å². The second-order valence-electron chi connectivity index (χ2n) is 5.01. The molecule has 1 aliphatic heterocycles. The molecule has 0 amide bonds. The summed E-state index contributed by atoms with van der Waals surface area (Å²) in [6, 6.07) is 5.00. The first-order chi connectivity index (χ1) is 10.1. The van der Waals surface area contributed by atoms with Gasteiger partial charge < -0.3 is 15.4 Å². The average Bonchev–Trinajstić information content (AvgIpc) is 2.47. The van der Waals surface area contributed by atoms with Gasteiger partial charge in [-0.05, 0) is 37.6 Å². The van der Waals surface area contributed by atoms with E-state index < -0.39 is 10.0 Å². The Balaban J connectivity index is 2.24. The van der Waals surface area contributed by atoms with Crippen LogP contribution in [0.1, 0.15) is 19.8 Å². The van der Waals surface area contributed by atoms with Crippen molar-refractivity contribution in [3.8, 4) is 5.75 Å². The first-order valence-corrected chi connectivity index (χ1v) is 8.78. The summed E-state index contributed by atoms with van der Waals surface area (Å²) in [5.41, 5.74) is 6.23. The molecule has 7 heteroatoms. The van der Waals surface area contributed by atoms with Gasteiger partial charge in [0, 0.05) is 13.1 Å². The van der Waals surface area contributed by atoms with Crippen molar-refractivity contribution in [1.29, 1.82) is 0 Å². The third-order valence-corrected chi connectivity index (χ3v) is 4.83. The van der Waals surface area contributed by atoms with E-state index in [9.17, 15) is 8.42 Å². The molecule has 1 heterocycles. The normalized spacial score (nSPS) is 14.7. The lowest BCUT2D eigenvalue weighted by molar-refractivity contribution is 0.307. The van der Waals surface area contributed by atoms with E-state index in [4.69, 9.17) is 10.5 Å². The summed E-state index contributed by atoms with van der Waals surface area (Å²) in [5.74, 6) is 0.746. The van der Waals surface area contributed by atoms with Crippen LogP contribution in [0.15, 0.2) is 23.1 Å². The molecule has 6 nitrogen and oxygen atoms in total. The molecule has 0 saturated carbocycles. The van der Waals surface area contributed by atoms with Gasteiger partial charge in [-0.2, -0.15) is 0 Å². The van der Waals surface area contributed by atoms with E-state index in [1.165, 1.54) is 0 Å². The Kier molecular flexibility index (Phi) is 5.44. The van der Waals surface area contributed by atoms with Crippen LogP contribution in [0, 0.1) is 0 Å². The largest absolute Gasteiger partial charge is 0.490 e. The molecule has 0 unspecified atom stereocenters. The number of hydrogen-bond donors (Lipinski definition) is 2. The summed E-state index contributed by atoms with van der Waals surface area (Å²) >= 11 is 0. The van der Waals surface area contributed by atoms with E-state index in [-0.39, 0.29) is 4.90 Å². The summed E-state index contributed by atoms with van der Waals surface area (Å²) in [6.07, 6.45) is 1.63. The standard InChI is InChI=1S/C14H23N3O3S/c1-2-8-17-9-10-20-14-5-4-12(11-13(14)17)21(18,19)16-7-3-6-15/h4-5,11,16H,2-3,6-10,15H2,1H3. The number of rotatable bonds is 7. The van der Waals surface area contributed by atoms with Gasteiger partial charge in [-0.25, -0.2) is 13.1 Å². The average molecular weight is 313 g/mol. The zero-order chi connectivity index (χ0) is 15.3. The molecule has 0 aliphatic carbocycles. The van der Waals surface area contributed by atoms with Crippen molar-refractivity contribution in [2.45, 2.75) is 24.7 Å². The highest BCUT2D eigenvalue weighted by Gasteiger charge is 2.21. The van der Waals surface area contributed by atoms with Crippen LogP contribution in [0.2, 0.25) is 0 Å². The smallest absolute Gasteiger partial charge is 0.240 e. The fraction of sp³-hybridized carbons (Fsp3) is 0.571. The number of fused-ring (bicyclic) bond motifs is 1. The van der Waals surface area contributed by atoms with E-state index >= 15 is 0 Å². The molecule has 21 heavy (non-hydrogen) atoms. The Hall–Kier alpha value is -1.31. The highest BCUT2D eigenvalue weighted by atomic mass is 32.2. The van der Waals surface area contributed by atoms with Gasteiger partial charge >= 0.3 is 0 Å². The van der Waals surface area contributed by atoms with Crippen molar-refractivity contribution in [3.63, 3.8) is 0 Å². The molecule has 3 N–H and O–H groups in total. The summed E-state index contributed by atoms with van der Waals surface area (Å²) in [5, 5.41) is 0. The van der Waals surface area contributed by atoms with Crippen LogP contribution >= 0.6 is 0 Å². The van der Waals surface area contributed by atoms with Crippen LogP contribution < -0.4 is 20.1 Å². The number of anilines is 1. The molecule has 0 radical (unpaired) electrons. The van der Waals surface area contributed by atoms with E-state index in [0.29, 0.717) is 26.1 Å². The molecule has 118 valence electrons. The van der Waals surface area contributed by atoms with Crippen molar-refractivity contribution in [3.05, 3.63) is 18.2 Å². The quantitative estimate of drug-likeness (QED) is 0.731. The van der Waals surface area contributed by atoms with E-state index in [1.807, 2.05) is 0 Å². The van der Waals surface area contributed by atoms with Crippen LogP contribution in [-0.2, 0) is 10.0 Å². The first-order valence-electron chi connectivity index (χ1n) is 7.30. The van der Waals surface area contributed by atoms with Gasteiger partial charge in [0.1, 0.15) is 12.4 Å². The Bertz CT molecular complexity index is 575. The second-order valence-corrected chi connectivity index (χ2v) is 6.77. The minimum atomic E-state index is -3.49. The number of ether oxygens (including phenoxy) is 1. The third kappa shape index (κ3) is 3.87. The topological polar surface area (TPSA) is 84.7 Å². The predicted octanol–water partition coefficient (Wildman–Crippen LogP) is 0.923. The van der Waals surface area contributed by atoms with Gasteiger partial charge in [0.15, 0.2) is 0 Å². The molecule has 0 fully saturated rings. The zero-order valence-electron chi connectivity index (χ0n) is 12.3. The van der Waals surface area contributed by atoms with Gasteiger partial charge in [-0.15, -0.1) is 0 Å². The molecule has 1 aromatic carbocycles. The zero-order valence-corrected chi connectivity index (χ0v) is 13.2. The number of benzene rings is 1. The number of nitrogens with two attached hydrogens (primary N) is 1. The Morgan fingerprint density at radius 2 is 2.24 bits per heavy atom. The monoisotopic (exact) mass is 313 g/mol. The Labute approximate surface area is 126 Å². The molecular weight excluding hydrogens is 290 g/mol. The summed E-state index contributed by atoms with van der Waals surface area (Å²) in [4.78, 5) is 2.43. The van der Waals surface area contributed by atoms with Gasteiger partial charge in [-0.3, -0.25) is 0 Å². The maximum atomic E-state index is 12.2. The molecule has 2 rings (SSSR count). The van der Waals surface area contributed by atoms with Gasteiger partial charge in [-0.1, -0.05) is 6.92 Å². The minimum Gasteiger partial charge on any atom is -0.490 e. The molecule has 0 bridgehead atoms. The van der Waals surface area contributed by atoms with Crippen LogP contribution in [0.25, 0.3) is 0 Å². The maximum Gasteiger partial charge on any atom is 0.240 e. The van der Waals surface area contributed by atoms with Crippen molar-refractivity contribution < 1.29 is 13.2 Å². The van der Waals surface area contributed by atoms with Gasteiger partial charge in [0.05, 0.1) is 17.1 Å². The second kappa shape index (κ2) is 7.11. The molecule has 0 saturated heterocycles. The van der Waals surface area contributed by atoms with Crippen LogP contribution in [0.4, 0.5) is 5.69 Å². The van der Waals surface area contributed by atoms with E-state index in [0.717, 1.165) is 30.9 Å². The molecule has 0 spiro atoms. The van der Waals surface area contributed by atoms with Gasteiger partial charge in [0.2, 0.25) is 10.0 Å². The summed E-state index contributed by atoms with van der Waals surface area (Å²) < 4.78 is 32.6. The number of hydrogen-bond acceptors (Lipinski definition) is 5. The summed E-state index contributed by atoms with van der Waals surface area (Å²) in [6.45, 7) is 5.22. The van der Waals surface area contributed by atoms with Crippen molar-refractivity contribution >= 4 is 15.7 Å².